The Morgan fingerprint density at radius 1 is 1.35 bits per heavy atom. The highest BCUT2D eigenvalue weighted by atomic mass is 35.5. The predicted octanol–water partition coefficient (Wildman–Crippen LogP) is 3.89. The third-order valence-electron chi connectivity index (χ3n) is 2.70. The van der Waals surface area contributed by atoms with Gasteiger partial charge in [0.1, 0.15) is 5.56 Å². The number of aromatic nitrogens is 1. The minimum absolute atomic E-state index is 0.110. The fraction of sp³-hybridized carbons (Fsp3) is 0.200. The van der Waals surface area contributed by atoms with Crippen LogP contribution in [0.1, 0.15) is 23.7 Å². The summed E-state index contributed by atoms with van der Waals surface area (Å²) >= 11 is 5.83. The van der Waals surface area contributed by atoms with Crippen molar-refractivity contribution in [3.63, 3.8) is 0 Å². The molecule has 1 aromatic carbocycles. The van der Waals surface area contributed by atoms with E-state index in [0.717, 1.165) is 12.0 Å². The number of hydrogen-bond donors (Lipinski definition) is 1. The number of hydrogen-bond acceptors (Lipinski definition) is 3. The standard InChI is InChI=1S/C15H14ClNO3/c1-2-7-20-14-9-17-13(8-12(14)15(18)19)10-3-5-11(16)6-4-10/h3-6,8-9H,2,7H2,1H3,(H,18,19). The van der Waals surface area contributed by atoms with Gasteiger partial charge in [-0.1, -0.05) is 30.7 Å². The highest BCUT2D eigenvalue weighted by molar-refractivity contribution is 6.30. The molecular formula is C15H14ClNO3. The van der Waals surface area contributed by atoms with Crippen LogP contribution >= 0.6 is 11.6 Å². The summed E-state index contributed by atoms with van der Waals surface area (Å²) in [4.78, 5) is 15.5. The molecule has 1 aromatic heterocycles. The lowest BCUT2D eigenvalue weighted by Gasteiger charge is -2.09. The average Bonchev–Trinajstić information content (AvgIpc) is 2.45. The minimum atomic E-state index is -1.03. The van der Waals surface area contributed by atoms with Gasteiger partial charge in [-0.15, -0.1) is 0 Å². The molecule has 0 bridgehead atoms. The molecule has 0 spiro atoms. The number of carboxylic acid groups (broad SMARTS) is 1. The molecule has 20 heavy (non-hydrogen) atoms. The number of rotatable bonds is 5. The summed E-state index contributed by atoms with van der Waals surface area (Å²) in [6.45, 7) is 2.41. The van der Waals surface area contributed by atoms with Crippen LogP contribution in [-0.2, 0) is 0 Å². The van der Waals surface area contributed by atoms with Crippen LogP contribution in [0.15, 0.2) is 36.5 Å². The van der Waals surface area contributed by atoms with E-state index in [2.05, 4.69) is 4.98 Å². The van der Waals surface area contributed by atoms with Crippen molar-refractivity contribution in [1.29, 1.82) is 0 Å². The predicted molar refractivity (Wildman–Crippen MR) is 77.4 cm³/mol. The summed E-state index contributed by atoms with van der Waals surface area (Å²) in [5, 5.41) is 9.87. The van der Waals surface area contributed by atoms with E-state index in [1.807, 2.05) is 6.92 Å². The number of benzene rings is 1. The van der Waals surface area contributed by atoms with Gasteiger partial charge in [0.15, 0.2) is 5.75 Å². The monoisotopic (exact) mass is 291 g/mol. The molecule has 2 aromatic rings. The Labute approximate surface area is 122 Å². The number of ether oxygens (including phenoxy) is 1. The lowest BCUT2D eigenvalue weighted by Crippen LogP contribution is -2.05. The Morgan fingerprint density at radius 3 is 2.65 bits per heavy atom. The molecule has 0 aliphatic carbocycles. The van der Waals surface area contributed by atoms with Crippen LogP contribution in [0.25, 0.3) is 11.3 Å². The molecular weight excluding hydrogens is 278 g/mol. The van der Waals surface area contributed by atoms with E-state index >= 15 is 0 Å². The van der Waals surface area contributed by atoms with Crippen molar-refractivity contribution < 1.29 is 14.6 Å². The van der Waals surface area contributed by atoms with E-state index in [1.165, 1.54) is 12.3 Å². The molecule has 0 saturated heterocycles. The number of aromatic carboxylic acids is 1. The van der Waals surface area contributed by atoms with Crippen molar-refractivity contribution in [1.82, 2.24) is 4.98 Å². The van der Waals surface area contributed by atoms with Gasteiger partial charge in [0.05, 0.1) is 18.5 Å². The zero-order valence-electron chi connectivity index (χ0n) is 11.0. The van der Waals surface area contributed by atoms with Gasteiger partial charge in [0.2, 0.25) is 0 Å². The fourth-order valence-electron chi connectivity index (χ4n) is 1.72. The van der Waals surface area contributed by atoms with Gasteiger partial charge in [-0.25, -0.2) is 4.79 Å². The van der Waals surface area contributed by atoms with E-state index in [9.17, 15) is 9.90 Å². The van der Waals surface area contributed by atoms with Crippen LogP contribution in [0.3, 0.4) is 0 Å². The fourth-order valence-corrected chi connectivity index (χ4v) is 1.84. The first kappa shape index (κ1) is 14.3. The van der Waals surface area contributed by atoms with Crippen molar-refractivity contribution in [2.45, 2.75) is 13.3 Å². The second kappa shape index (κ2) is 6.39. The smallest absolute Gasteiger partial charge is 0.339 e. The van der Waals surface area contributed by atoms with Crippen LogP contribution in [0.5, 0.6) is 5.75 Å². The Kier molecular flexibility index (Phi) is 4.58. The maximum Gasteiger partial charge on any atom is 0.339 e. The summed E-state index contributed by atoms with van der Waals surface area (Å²) in [6.07, 6.45) is 2.25. The normalized spacial score (nSPS) is 10.3. The van der Waals surface area contributed by atoms with Crippen molar-refractivity contribution >= 4 is 17.6 Å². The van der Waals surface area contributed by atoms with Gasteiger partial charge in [0.25, 0.3) is 0 Å². The van der Waals surface area contributed by atoms with Crippen LogP contribution < -0.4 is 4.74 Å². The molecule has 0 aliphatic heterocycles. The van der Waals surface area contributed by atoms with Crippen molar-refractivity contribution in [2.75, 3.05) is 6.61 Å². The first-order chi connectivity index (χ1) is 9.61. The number of halogens is 1. The maximum atomic E-state index is 11.3. The first-order valence-corrected chi connectivity index (χ1v) is 6.61. The molecule has 0 amide bonds. The van der Waals surface area contributed by atoms with Crippen LogP contribution in [0.2, 0.25) is 5.02 Å². The van der Waals surface area contributed by atoms with Crippen molar-refractivity contribution in [3.05, 3.63) is 47.1 Å². The van der Waals surface area contributed by atoms with Gasteiger partial charge in [-0.05, 0) is 24.6 Å². The Balaban J connectivity index is 2.39. The molecule has 1 N–H and O–H groups in total. The van der Waals surface area contributed by atoms with E-state index in [1.54, 1.807) is 24.3 Å². The van der Waals surface area contributed by atoms with E-state index in [4.69, 9.17) is 16.3 Å². The van der Waals surface area contributed by atoms with Gasteiger partial charge >= 0.3 is 5.97 Å². The zero-order chi connectivity index (χ0) is 14.5. The molecule has 104 valence electrons. The number of carbonyl (C=O) groups is 1. The van der Waals surface area contributed by atoms with Crippen LogP contribution in [0.4, 0.5) is 0 Å². The van der Waals surface area contributed by atoms with Crippen LogP contribution in [-0.4, -0.2) is 22.7 Å². The molecule has 0 radical (unpaired) electrons. The number of carboxylic acids is 1. The molecule has 1 heterocycles. The Bertz CT molecular complexity index is 611. The lowest BCUT2D eigenvalue weighted by atomic mass is 10.1. The number of nitrogens with zero attached hydrogens (tertiary/aromatic N) is 1. The Morgan fingerprint density at radius 2 is 2.05 bits per heavy atom. The maximum absolute atomic E-state index is 11.3. The highest BCUT2D eigenvalue weighted by Gasteiger charge is 2.14. The quantitative estimate of drug-likeness (QED) is 0.908. The van der Waals surface area contributed by atoms with E-state index in [0.29, 0.717) is 17.3 Å². The minimum Gasteiger partial charge on any atom is -0.491 e. The molecule has 0 unspecified atom stereocenters. The van der Waals surface area contributed by atoms with Gasteiger partial charge in [0, 0.05) is 10.6 Å². The average molecular weight is 292 g/mol. The van der Waals surface area contributed by atoms with E-state index < -0.39 is 5.97 Å². The number of pyridine rings is 1. The van der Waals surface area contributed by atoms with Crippen LogP contribution in [0, 0.1) is 0 Å². The van der Waals surface area contributed by atoms with E-state index in [-0.39, 0.29) is 11.3 Å². The Hall–Kier alpha value is -2.07. The molecule has 0 saturated carbocycles. The third kappa shape index (κ3) is 3.27. The molecule has 0 aliphatic rings. The molecule has 0 atom stereocenters. The van der Waals surface area contributed by atoms with Crippen molar-refractivity contribution in [3.8, 4) is 17.0 Å². The summed E-state index contributed by atoms with van der Waals surface area (Å²) in [5.74, 6) is -0.745. The second-order valence-electron chi connectivity index (χ2n) is 4.23. The SMILES string of the molecule is CCCOc1cnc(-c2ccc(Cl)cc2)cc1C(=O)O. The second-order valence-corrected chi connectivity index (χ2v) is 4.66. The topological polar surface area (TPSA) is 59.4 Å². The first-order valence-electron chi connectivity index (χ1n) is 6.24. The van der Waals surface area contributed by atoms with Gasteiger partial charge in [-0.3, -0.25) is 4.98 Å². The summed E-state index contributed by atoms with van der Waals surface area (Å²) in [7, 11) is 0. The van der Waals surface area contributed by atoms with Gasteiger partial charge in [-0.2, -0.15) is 0 Å². The summed E-state index contributed by atoms with van der Waals surface area (Å²) in [6, 6.07) is 8.57. The zero-order valence-corrected chi connectivity index (χ0v) is 11.7. The molecule has 4 nitrogen and oxygen atoms in total. The largest absolute Gasteiger partial charge is 0.491 e. The molecule has 0 fully saturated rings. The molecule has 2 rings (SSSR count). The third-order valence-corrected chi connectivity index (χ3v) is 2.95. The van der Waals surface area contributed by atoms with Crippen molar-refractivity contribution in [2.24, 2.45) is 0 Å². The van der Waals surface area contributed by atoms with Gasteiger partial charge < -0.3 is 9.84 Å². The summed E-state index contributed by atoms with van der Waals surface area (Å²) in [5.41, 5.74) is 1.49. The lowest BCUT2D eigenvalue weighted by molar-refractivity contribution is 0.0692. The molecule has 5 heteroatoms. The summed E-state index contributed by atoms with van der Waals surface area (Å²) < 4.78 is 5.39. The highest BCUT2D eigenvalue weighted by Crippen LogP contribution is 2.25.